The highest BCUT2D eigenvalue weighted by Crippen LogP contribution is 2.32. The average Bonchev–Trinajstić information content (AvgIpc) is 3.05. The van der Waals surface area contributed by atoms with Crippen molar-refractivity contribution < 1.29 is 4.79 Å². The number of urea groups is 1. The molecule has 1 fully saturated rings. The molecular weight excluding hydrogens is 302 g/mol. The Balaban J connectivity index is 1.70. The molecule has 1 aliphatic heterocycles. The van der Waals surface area contributed by atoms with Crippen LogP contribution >= 0.6 is 0 Å². The van der Waals surface area contributed by atoms with E-state index in [0.717, 1.165) is 30.8 Å². The van der Waals surface area contributed by atoms with Gasteiger partial charge < -0.3 is 10.2 Å². The van der Waals surface area contributed by atoms with E-state index in [1.165, 1.54) is 0 Å². The lowest BCUT2D eigenvalue weighted by molar-refractivity contribution is 0.207. The highest BCUT2D eigenvalue weighted by atomic mass is 16.2. The van der Waals surface area contributed by atoms with Crippen LogP contribution in [0.2, 0.25) is 0 Å². The zero-order valence-electron chi connectivity index (χ0n) is 14.4. The first-order chi connectivity index (χ1) is 11.4. The molecule has 3 rings (SSSR count). The lowest BCUT2D eigenvalue weighted by Gasteiger charge is -2.25. The van der Waals surface area contributed by atoms with Crippen molar-refractivity contribution in [3.8, 4) is 0 Å². The first kappa shape index (κ1) is 16.4. The van der Waals surface area contributed by atoms with Gasteiger partial charge in [0.2, 0.25) is 0 Å². The average molecular weight is 325 g/mol. The van der Waals surface area contributed by atoms with Gasteiger partial charge >= 0.3 is 6.03 Å². The largest absolute Gasteiger partial charge is 0.322 e. The number of nitrogens with zero attached hydrogens (tertiary/aromatic N) is 4. The number of hydrogen-bond acceptors (Lipinski definition) is 4. The van der Waals surface area contributed by atoms with Crippen LogP contribution in [0.5, 0.6) is 0 Å². The van der Waals surface area contributed by atoms with Gasteiger partial charge in [-0.1, -0.05) is 20.8 Å². The number of aromatic nitrogens is 3. The Morgan fingerprint density at radius 1 is 1.21 bits per heavy atom. The molecule has 3 heterocycles. The number of anilines is 1. The minimum atomic E-state index is -0.110. The van der Waals surface area contributed by atoms with Gasteiger partial charge in [0.05, 0.1) is 24.1 Å². The third-order valence-electron chi connectivity index (χ3n) is 4.18. The summed E-state index contributed by atoms with van der Waals surface area (Å²) in [4.78, 5) is 27.2. The van der Waals surface area contributed by atoms with Crippen LogP contribution in [0, 0.1) is 0 Å². The predicted molar refractivity (Wildman–Crippen MR) is 92.7 cm³/mol. The van der Waals surface area contributed by atoms with Crippen molar-refractivity contribution >= 4 is 11.7 Å². The van der Waals surface area contributed by atoms with Gasteiger partial charge in [-0.15, -0.1) is 0 Å². The molecule has 0 radical (unpaired) electrons. The summed E-state index contributed by atoms with van der Waals surface area (Å²) in [5, 5.41) is 2.91. The Labute approximate surface area is 142 Å². The Kier molecular flexibility index (Phi) is 4.46. The maximum absolute atomic E-state index is 12.6. The van der Waals surface area contributed by atoms with E-state index in [-0.39, 0.29) is 17.5 Å². The molecule has 2 aromatic heterocycles. The first-order valence-corrected chi connectivity index (χ1v) is 8.25. The Bertz CT molecular complexity index is 694. The van der Waals surface area contributed by atoms with Crippen LogP contribution in [0.1, 0.15) is 51.0 Å². The summed E-state index contributed by atoms with van der Waals surface area (Å²) in [6.45, 7) is 6.93. The molecule has 2 aromatic rings. The van der Waals surface area contributed by atoms with E-state index in [0.29, 0.717) is 5.69 Å². The van der Waals surface area contributed by atoms with Crippen molar-refractivity contribution in [2.45, 2.75) is 45.1 Å². The molecule has 0 aromatic carbocycles. The molecule has 0 aliphatic carbocycles. The van der Waals surface area contributed by atoms with Gasteiger partial charge in [0.15, 0.2) is 0 Å². The number of likely N-dealkylation sites (tertiary alicyclic amines) is 1. The number of hydrogen-bond donors (Lipinski definition) is 1. The van der Waals surface area contributed by atoms with Crippen molar-refractivity contribution in [2.24, 2.45) is 0 Å². The van der Waals surface area contributed by atoms with Crippen LogP contribution in [-0.2, 0) is 5.41 Å². The highest BCUT2D eigenvalue weighted by molar-refractivity contribution is 5.89. The predicted octanol–water partition coefficient (Wildman–Crippen LogP) is 3.54. The van der Waals surface area contributed by atoms with E-state index in [9.17, 15) is 4.79 Å². The Morgan fingerprint density at radius 2 is 1.88 bits per heavy atom. The second kappa shape index (κ2) is 6.55. The third-order valence-corrected chi connectivity index (χ3v) is 4.18. The van der Waals surface area contributed by atoms with Crippen LogP contribution in [-0.4, -0.2) is 32.4 Å². The molecular formula is C18H23N5O. The van der Waals surface area contributed by atoms with Gasteiger partial charge in [0.1, 0.15) is 5.82 Å². The van der Waals surface area contributed by atoms with Gasteiger partial charge in [-0.2, -0.15) is 0 Å². The van der Waals surface area contributed by atoms with Gasteiger partial charge in [0, 0.05) is 24.4 Å². The number of carbonyl (C=O) groups is 1. The van der Waals surface area contributed by atoms with Gasteiger partial charge in [-0.05, 0) is 30.5 Å². The fourth-order valence-electron chi connectivity index (χ4n) is 2.92. The molecule has 1 saturated heterocycles. The number of pyridine rings is 1. The normalized spacial score (nSPS) is 17.8. The lowest BCUT2D eigenvalue weighted by Crippen LogP contribution is -2.34. The van der Waals surface area contributed by atoms with Crippen LogP contribution < -0.4 is 5.32 Å². The Hall–Kier alpha value is -2.50. The van der Waals surface area contributed by atoms with Crippen LogP contribution in [0.25, 0.3) is 0 Å². The van der Waals surface area contributed by atoms with Crippen molar-refractivity contribution in [3.05, 3.63) is 48.3 Å². The molecule has 24 heavy (non-hydrogen) atoms. The zero-order valence-corrected chi connectivity index (χ0v) is 14.4. The third kappa shape index (κ3) is 3.53. The maximum Gasteiger partial charge on any atom is 0.322 e. The van der Waals surface area contributed by atoms with Crippen LogP contribution in [0.4, 0.5) is 10.5 Å². The molecule has 126 valence electrons. The maximum atomic E-state index is 12.6. The smallest absolute Gasteiger partial charge is 0.317 e. The monoisotopic (exact) mass is 325 g/mol. The summed E-state index contributed by atoms with van der Waals surface area (Å²) >= 11 is 0. The van der Waals surface area contributed by atoms with Crippen molar-refractivity contribution in [1.82, 2.24) is 19.9 Å². The lowest BCUT2D eigenvalue weighted by atomic mass is 9.96. The number of nitrogens with one attached hydrogen (secondary N) is 1. The number of rotatable bonds is 2. The fraction of sp³-hybridized carbons (Fsp3) is 0.444. The van der Waals surface area contributed by atoms with Gasteiger partial charge in [0.25, 0.3) is 0 Å². The minimum Gasteiger partial charge on any atom is -0.317 e. The molecule has 6 nitrogen and oxygen atoms in total. The minimum absolute atomic E-state index is 0.0998. The van der Waals surface area contributed by atoms with E-state index < -0.39 is 0 Å². The van der Waals surface area contributed by atoms with Crippen molar-refractivity contribution in [2.75, 3.05) is 11.9 Å². The molecule has 2 amide bonds. The number of carbonyl (C=O) groups excluding carboxylic acids is 1. The summed E-state index contributed by atoms with van der Waals surface area (Å²) in [5.74, 6) is 0.760. The van der Waals surface area contributed by atoms with Crippen LogP contribution in [0.15, 0.2) is 36.9 Å². The zero-order chi connectivity index (χ0) is 17.2. The summed E-state index contributed by atoms with van der Waals surface area (Å²) in [5.41, 5.74) is 1.63. The second-order valence-electron chi connectivity index (χ2n) is 7.11. The fourth-order valence-corrected chi connectivity index (χ4v) is 2.92. The van der Waals surface area contributed by atoms with E-state index in [1.54, 1.807) is 24.8 Å². The molecule has 0 saturated carbocycles. The van der Waals surface area contributed by atoms with Gasteiger partial charge in [-0.3, -0.25) is 4.98 Å². The summed E-state index contributed by atoms with van der Waals surface area (Å²) in [6, 6.07) is 3.93. The SMILES string of the molecule is CC(C)(C)c1ncc(NC(=O)N2CCC[C@H]2c2ccncc2)cn1. The van der Waals surface area contributed by atoms with Crippen molar-refractivity contribution in [3.63, 3.8) is 0 Å². The van der Waals surface area contributed by atoms with E-state index in [2.05, 4.69) is 41.0 Å². The van der Waals surface area contributed by atoms with E-state index >= 15 is 0 Å². The molecule has 1 atom stereocenters. The summed E-state index contributed by atoms with van der Waals surface area (Å²) in [6.07, 6.45) is 8.84. The molecule has 6 heteroatoms. The molecule has 0 spiro atoms. The summed E-state index contributed by atoms with van der Waals surface area (Å²) < 4.78 is 0. The number of amides is 2. The molecule has 0 unspecified atom stereocenters. The van der Waals surface area contributed by atoms with E-state index in [4.69, 9.17) is 0 Å². The van der Waals surface area contributed by atoms with E-state index in [1.807, 2.05) is 17.0 Å². The standard InChI is InChI=1S/C18H23N5O/c1-18(2,3)16-20-11-14(12-21-16)22-17(24)23-10-4-5-15(23)13-6-8-19-9-7-13/h6-9,11-12,15H,4-5,10H2,1-3H3,(H,22,24)/t15-/m0/s1. The first-order valence-electron chi connectivity index (χ1n) is 8.25. The molecule has 0 bridgehead atoms. The molecule has 1 N–H and O–H groups in total. The second-order valence-corrected chi connectivity index (χ2v) is 7.11. The topological polar surface area (TPSA) is 71.0 Å². The highest BCUT2D eigenvalue weighted by Gasteiger charge is 2.30. The quantitative estimate of drug-likeness (QED) is 0.917. The van der Waals surface area contributed by atoms with Gasteiger partial charge in [-0.25, -0.2) is 14.8 Å². The molecule has 1 aliphatic rings. The summed E-state index contributed by atoms with van der Waals surface area (Å²) in [7, 11) is 0. The Morgan fingerprint density at radius 3 is 2.50 bits per heavy atom. The van der Waals surface area contributed by atoms with Crippen LogP contribution in [0.3, 0.4) is 0 Å². The van der Waals surface area contributed by atoms with Crippen molar-refractivity contribution in [1.29, 1.82) is 0 Å².